The average Bonchev–Trinajstić information content (AvgIpc) is 2.51. The van der Waals surface area contributed by atoms with Crippen LogP contribution in [0.4, 0.5) is 10.1 Å². The highest BCUT2D eigenvalue weighted by Crippen LogP contribution is 2.13. The zero-order chi connectivity index (χ0) is 16.8. The highest BCUT2D eigenvalue weighted by atomic mass is 19.1. The van der Waals surface area contributed by atoms with Crippen molar-refractivity contribution < 1.29 is 18.7 Å². The van der Waals surface area contributed by atoms with Crippen LogP contribution in [0.2, 0.25) is 0 Å². The van der Waals surface area contributed by atoms with Crippen molar-refractivity contribution in [2.75, 3.05) is 51.8 Å². The van der Waals surface area contributed by atoms with Crippen LogP contribution in [0, 0.1) is 12.7 Å². The van der Waals surface area contributed by atoms with E-state index in [1.54, 1.807) is 35.9 Å². The van der Waals surface area contributed by atoms with Crippen LogP contribution >= 0.6 is 0 Å². The Balaban J connectivity index is 1.79. The molecule has 6 nitrogen and oxygen atoms in total. The summed E-state index contributed by atoms with van der Waals surface area (Å²) < 4.78 is 18.6. The molecule has 1 N–H and O–H groups in total. The number of hydrogen-bond donors (Lipinski definition) is 1. The second-order valence-electron chi connectivity index (χ2n) is 5.68. The van der Waals surface area contributed by atoms with E-state index in [2.05, 4.69) is 5.32 Å². The Morgan fingerprint density at radius 3 is 2.65 bits per heavy atom. The summed E-state index contributed by atoms with van der Waals surface area (Å²) in [5, 5.41) is 2.63. The molecule has 2 amide bonds. The molecule has 0 radical (unpaired) electrons. The summed E-state index contributed by atoms with van der Waals surface area (Å²) in [6, 6.07) is 4.54. The van der Waals surface area contributed by atoms with E-state index in [1.165, 1.54) is 6.07 Å². The predicted molar refractivity (Wildman–Crippen MR) is 84.7 cm³/mol. The summed E-state index contributed by atoms with van der Waals surface area (Å²) in [5.41, 5.74) is 0.933. The molecular weight excluding hydrogens is 301 g/mol. The number of aryl methyl sites for hydroxylation is 1. The van der Waals surface area contributed by atoms with Crippen LogP contribution in [0.3, 0.4) is 0 Å². The summed E-state index contributed by atoms with van der Waals surface area (Å²) in [4.78, 5) is 27.4. The van der Waals surface area contributed by atoms with Gasteiger partial charge >= 0.3 is 0 Å². The normalized spacial score (nSPS) is 14.9. The van der Waals surface area contributed by atoms with Crippen molar-refractivity contribution in [1.82, 2.24) is 9.80 Å². The molecule has 0 atom stereocenters. The minimum Gasteiger partial charge on any atom is -0.378 e. The lowest BCUT2D eigenvalue weighted by Crippen LogP contribution is -2.46. The maximum atomic E-state index is 13.4. The van der Waals surface area contributed by atoms with Crippen molar-refractivity contribution in [3.05, 3.63) is 29.6 Å². The van der Waals surface area contributed by atoms with Crippen LogP contribution in [0.15, 0.2) is 18.2 Å². The Hall–Kier alpha value is -1.99. The number of carbonyl (C=O) groups excluding carboxylic acids is 2. The SMILES string of the molecule is Cc1ccc(NC(=O)CN(C)CC(=O)N2CCOCC2)cc1F. The van der Waals surface area contributed by atoms with Crippen molar-refractivity contribution in [3.8, 4) is 0 Å². The number of likely N-dealkylation sites (N-methyl/N-ethyl adjacent to an activating group) is 1. The standard InChI is InChI=1S/C16H22FN3O3/c1-12-3-4-13(9-14(12)17)18-15(21)10-19(2)11-16(22)20-5-7-23-8-6-20/h3-4,9H,5-8,10-11H2,1-2H3,(H,18,21). The zero-order valence-corrected chi connectivity index (χ0v) is 13.5. The van der Waals surface area contributed by atoms with Gasteiger partial charge in [0.05, 0.1) is 26.3 Å². The minimum atomic E-state index is -0.362. The molecule has 1 aliphatic heterocycles. The number of benzene rings is 1. The molecule has 7 heteroatoms. The topological polar surface area (TPSA) is 61.9 Å². The molecule has 1 aromatic carbocycles. The molecule has 1 fully saturated rings. The second kappa shape index (κ2) is 8.03. The highest BCUT2D eigenvalue weighted by molar-refractivity contribution is 5.92. The van der Waals surface area contributed by atoms with Crippen molar-refractivity contribution in [2.24, 2.45) is 0 Å². The summed E-state index contributed by atoms with van der Waals surface area (Å²) in [6.45, 7) is 4.15. The molecule has 0 aromatic heterocycles. The van der Waals surface area contributed by atoms with E-state index in [9.17, 15) is 14.0 Å². The smallest absolute Gasteiger partial charge is 0.238 e. The maximum Gasteiger partial charge on any atom is 0.238 e. The summed E-state index contributed by atoms with van der Waals surface area (Å²) in [5.74, 6) is -0.672. The number of amides is 2. The summed E-state index contributed by atoms with van der Waals surface area (Å²) in [7, 11) is 1.70. The Morgan fingerprint density at radius 1 is 1.30 bits per heavy atom. The van der Waals surface area contributed by atoms with Crippen molar-refractivity contribution in [1.29, 1.82) is 0 Å². The fourth-order valence-corrected chi connectivity index (χ4v) is 2.32. The van der Waals surface area contributed by atoms with Crippen LogP contribution in [0.5, 0.6) is 0 Å². The molecule has 0 aliphatic carbocycles. The first-order valence-corrected chi connectivity index (χ1v) is 7.56. The molecule has 0 spiro atoms. The van der Waals surface area contributed by atoms with Crippen molar-refractivity contribution in [3.63, 3.8) is 0 Å². The molecule has 1 aromatic rings. The fourth-order valence-electron chi connectivity index (χ4n) is 2.32. The molecule has 2 rings (SSSR count). The third kappa shape index (κ3) is 5.30. The van der Waals surface area contributed by atoms with E-state index in [-0.39, 0.29) is 30.7 Å². The first kappa shape index (κ1) is 17.4. The van der Waals surface area contributed by atoms with Crippen LogP contribution in [-0.2, 0) is 14.3 Å². The lowest BCUT2D eigenvalue weighted by Gasteiger charge is -2.28. The monoisotopic (exact) mass is 323 g/mol. The number of nitrogens with zero attached hydrogens (tertiary/aromatic N) is 2. The minimum absolute atomic E-state index is 0.0232. The number of morpholine rings is 1. The lowest BCUT2D eigenvalue weighted by molar-refractivity contribution is -0.136. The lowest BCUT2D eigenvalue weighted by atomic mass is 10.2. The van der Waals surface area contributed by atoms with Gasteiger partial charge in [0.2, 0.25) is 11.8 Å². The molecule has 1 aliphatic rings. The molecule has 0 bridgehead atoms. The molecule has 0 unspecified atom stereocenters. The van der Waals surface area contributed by atoms with Crippen LogP contribution in [-0.4, -0.2) is 68.1 Å². The Labute approximate surface area is 135 Å². The maximum absolute atomic E-state index is 13.4. The molecule has 1 saturated heterocycles. The number of hydrogen-bond acceptors (Lipinski definition) is 4. The van der Waals surface area contributed by atoms with E-state index in [4.69, 9.17) is 4.74 Å². The molecule has 0 saturated carbocycles. The van der Waals surface area contributed by atoms with E-state index in [0.29, 0.717) is 37.6 Å². The molecular formula is C16H22FN3O3. The Kier molecular flexibility index (Phi) is 6.06. The summed E-state index contributed by atoms with van der Waals surface area (Å²) >= 11 is 0. The van der Waals surface area contributed by atoms with Gasteiger partial charge in [0, 0.05) is 18.8 Å². The first-order valence-electron chi connectivity index (χ1n) is 7.56. The van der Waals surface area contributed by atoms with E-state index >= 15 is 0 Å². The number of anilines is 1. The third-order valence-corrected chi connectivity index (χ3v) is 3.64. The van der Waals surface area contributed by atoms with Gasteiger partial charge in [0.1, 0.15) is 5.82 Å². The number of nitrogens with one attached hydrogen (secondary N) is 1. The van der Waals surface area contributed by atoms with E-state index < -0.39 is 0 Å². The number of rotatable bonds is 5. The van der Waals surface area contributed by atoms with Crippen LogP contribution in [0.25, 0.3) is 0 Å². The third-order valence-electron chi connectivity index (χ3n) is 3.64. The van der Waals surface area contributed by atoms with Gasteiger partial charge in [0.15, 0.2) is 0 Å². The first-order chi connectivity index (χ1) is 11.0. The van der Waals surface area contributed by atoms with Gasteiger partial charge in [-0.15, -0.1) is 0 Å². The highest BCUT2D eigenvalue weighted by Gasteiger charge is 2.19. The quantitative estimate of drug-likeness (QED) is 0.873. The van der Waals surface area contributed by atoms with Crippen molar-refractivity contribution in [2.45, 2.75) is 6.92 Å². The predicted octanol–water partition coefficient (Wildman–Crippen LogP) is 0.863. The van der Waals surface area contributed by atoms with Gasteiger partial charge in [-0.05, 0) is 31.7 Å². The number of carbonyl (C=O) groups is 2. The molecule has 1 heterocycles. The second-order valence-corrected chi connectivity index (χ2v) is 5.68. The number of halogens is 1. The van der Waals surface area contributed by atoms with Crippen molar-refractivity contribution >= 4 is 17.5 Å². The van der Waals surface area contributed by atoms with Gasteiger partial charge in [-0.1, -0.05) is 6.07 Å². The van der Waals surface area contributed by atoms with Gasteiger partial charge in [0.25, 0.3) is 0 Å². The van der Waals surface area contributed by atoms with Gasteiger partial charge in [-0.25, -0.2) is 4.39 Å². The Morgan fingerprint density at radius 2 is 2.00 bits per heavy atom. The Bertz CT molecular complexity index is 574. The van der Waals surface area contributed by atoms with E-state index in [0.717, 1.165) is 0 Å². The number of ether oxygens (including phenoxy) is 1. The van der Waals surface area contributed by atoms with Gasteiger partial charge in [-0.3, -0.25) is 14.5 Å². The van der Waals surface area contributed by atoms with E-state index in [1.807, 2.05) is 0 Å². The molecule has 126 valence electrons. The molecule has 23 heavy (non-hydrogen) atoms. The van der Waals surface area contributed by atoms with Gasteiger partial charge < -0.3 is 15.0 Å². The largest absolute Gasteiger partial charge is 0.378 e. The van der Waals surface area contributed by atoms with Crippen LogP contribution < -0.4 is 5.32 Å². The zero-order valence-electron chi connectivity index (χ0n) is 13.5. The van der Waals surface area contributed by atoms with Gasteiger partial charge in [-0.2, -0.15) is 0 Å². The van der Waals surface area contributed by atoms with Crippen LogP contribution in [0.1, 0.15) is 5.56 Å². The fraction of sp³-hybridized carbons (Fsp3) is 0.500. The average molecular weight is 323 g/mol. The summed E-state index contributed by atoms with van der Waals surface area (Å²) in [6.07, 6.45) is 0.